The molecule has 3 aromatic rings. The predicted octanol–water partition coefficient (Wildman–Crippen LogP) is 4.54. The second kappa shape index (κ2) is 8.70. The summed E-state index contributed by atoms with van der Waals surface area (Å²) in [5, 5.41) is 18.2. The molecule has 0 aliphatic rings. The summed E-state index contributed by atoms with van der Waals surface area (Å²) in [5.74, 6) is -0.191. The number of amides is 1. The highest BCUT2D eigenvalue weighted by Gasteiger charge is 2.08. The highest BCUT2D eigenvalue weighted by atomic mass is 79.9. The van der Waals surface area contributed by atoms with Crippen molar-refractivity contribution in [2.45, 2.75) is 20.4 Å². The minimum atomic E-state index is -0.302. The van der Waals surface area contributed by atoms with Gasteiger partial charge in [0.1, 0.15) is 5.75 Å². The maximum absolute atomic E-state index is 12.4. The Bertz CT molecular complexity index is 1040. The highest BCUT2D eigenvalue weighted by Crippen LogP contribution is 2.32. The zero-order valence-electron chi connectivity index (χ0n) is 15.3. The molecule has 1 aromatic heterocycles. The number of aryl methyl sites for hydroxylation is 2. The molecule has 2 aromatic carbocycles. The molecule has 144 valence electrons. The first kappa shape index (κ1) is 20.3. The zero-order chi connectivity index (χ0) is 20.3. The summed E-state index contributed by atoms with van der Waals surface area (Å²) in [6, 6.07) is 12.8. The van der Waals surface area contributed by atoms with Gasteiger partial charge in [-0.25, -0.2) is 5.43 Å². The molecule has 0 aliphatic heterocycles. The van der Waals surface area contributed by atoms with E-state index in [0.717, 1.165) is 22.5 Å². The number of rotatable bonds is 5. The molecule has 0 saturated heterocycles. The third-order valence-corrected chi connectivity index (χ3v) is 5.25. The van der Waals surface area contributed by atoms with Crippen molar-refractivity contribution in [1.82, 2.24) is 15.2 Å². The van der Waals surface area contributed by atoms with Crippen molar-refractivity contribution in [1.29, 1.82) is 0 Å². The van der Waals surface area contributed by atoms with Crippen LogP contribution >= 0.6 is 31.9 Å². The number of aromatic nitrogens is 2. The maximum Gasteiger partial charge on any atom is 0.271 e. The number of hydrogen-bond donors (Lipinski definition) is 2. The number of halogens is 2. The molecule has 3 rings (SSSR count). The summed E-state index contributed by atoms with van der Waals surface area (Å²) in [5.41, 5.74) is 6.78. The van der Waals surface area contributed by atoms with Gasteiger partial charge in [0.15, 0.2) is 0 Å². The molecule has 8 heteroatoms. The number of carbonyl (C=O) groups excluding carboxylic acids is 1. The summed E-state index contributed by atoms with van der Waals surface area (Å²) >= 11 is 6.52. The second-order valence-corrected chi connectivity index (χ2v) is 8.03. The van der Waals surface area contributed by atoms with Crippen LogP contribution in [0.15, 0.2) is 56.5 Å². The Balaban J connectivity index is 1.68. The van der Waals surface area contributed by atoms with E-state index < -0.39 is 0 Å². The molecule has 0 saturated carbocycles. The van der Waals surface area contributed by atoms with Crippen molar-refractivity contribution in [2.75, 3.05) is 0 Å². The maximum atomic E-state index is 12.4. The van der Waals surface area contributed by atoms with Crippen molar-refractivity contribution >= 4 is 44.0 Å². The highest BCUT2D eigenvalue weighted by molar-refractivity contribution is 9.11. The second-order valence-electron chi connectivity index (χ2n) is 6.32. The van der Waals surface area contributed by atoms with E-state index >= 15 is 0 Å². The Morgan fingerprint density at radius 1 is 1.21 bits per heavy atom. The van der Waals surface area contributed by atoms with E-state index in [0.29, 0.717) is 21.1 Å². The molecule has 28 heavy (non-hydrogen) atoms. The molecule has 2 N–H and O–H groups in total. The fraction of sp³-hybridized carbons (Fsp3) is 0.150. The quantitative estimate of drug-likeness (QED) is 0.394. The van der Waals surface area contributed by atoms with Crippen molar-refractivity contribution < 1.29 is 9.90 Å². The molecule has 0 radical (unpaired) electrons. The smallest absolute Gasteiger partial charge is 0.271 e. The van der Waals surface area contributed by atoms with Gasteiger partial charge in [0, 0.05) is 11.3 Å². The predicted molar refractivity (Wildman–Crippen MR) is 116 cm³/mol. The van der Waals surface area contributed by atoms with Crippen molar-refractivity contribution in [3.8, 4) is 5.75 Å². The number of aromatic hydroxyl groups is 1. The first-order valence-electron chi connectivity index (χ1n) is 8.45. The monoisotopic (exact) mass is 504 g/mol. The lowest BCUT2D eigenvalue weighted by molar-refractivity contribution is 0.0955. The number of benzene rings is 2. The molecule has 6 nitrogen and oxygen atoms in total. The Labute approximate surface area is 179 Å². The van der Waals surface area contributed by atoms with E-state index in [1.54, 1.807) is 18.2 Å². The number of phenols is 1. The van der Waals surface area contributed by atoms with Gasteiger partial charge in [0.25, 0.3) is 5.91 Å². The van der Waals surface area contributed by atoms with Crippen LogP contribution in [0.5, 0.6) is 5.75 Å². The Kier molecular flexibility index (Phi) is 6.31. The fourth-order valence-corrected chi connectivity index (χ4v) is 3.93. The Morgan fingerprint density at radius 2 is 1.93 bits per heavy atom. The summed E-state index contributed by atoms with van der Waals surface area (Å²) in [4.78, 5) is 12.4. The lowest BCUT2D eigenvalue weighted by Gasteiger charge is -2.07. The van der Waals surface area contributed by atoms with Crippen molar-refractivity contribution in [3.63, 3.8) is 0 Å². The van der Waals surface area contributed by atoms with Crippen molar-refractivity contribution in [3.05, 3.63) is 79.5 Å². The summed E-state index contributed by atoms with van der Waals surface area (Å²) in [7, 11) is 0. The van der Waals surface area contributed by atoms with Crippen LogP contribution in [-0.4, -0.2) is 27.0 Å². The van der Waals surface area contributed by atoms with E-state index in [9.17, 15) is 9.90 Å². The van der Waals surface area contributed by atoms with Gasteiger partial charge in [-0.05, 0) is 87.2 Å². The molecule has 0 spiro atoms. The number of hydrogen-bond acceptors (Lipinski definition) is 4. The normalized spacial score (nSPS) is 11.1. The molecule has 0 aliphatic carbocycles. The van der Waals surface area contributed by atoms with Gasteiger partial charge >= 0.3 is 0 Å². The van der Waals surface area contributed by atoms with Crippen molar-refractivity contribution in [2.24, 2.45) is 5.10 Å². The number of phenolic OH excluding ortho intramolecular Hbond substituents is 1. The number of nitrogens with one attached hydrogen (secondary N) is 1. The first-order valence-corrected chi connectivity index (χ1v) is 10.0. The van der Waals surface area contributed by atoms with Gasteiger partial charge < -0.3 is 5.11 Å². The average molecular weight is 506 g/mol. The van der Waals surface area contributed by atoms with Crippen LogP contribution in [-0.2, 0) is 6.54 Å². The molecule has 1 heterocycles. The largest absolute Gasteiger partial charge is 0.506 e. The van der Waals surface area contributed by atoms with Crippen LogP contribution < -0.4 is 5.43 Å². The minimum absolute atomic E-state index is 0.112. The topological polar surface area (TPSA) is 79.5 Å². The van der Waals surface area contributed by atoms with Crippen LogP contribution in [0.1, 0.15) is 32.9 Å². The van der Waals surface area contributed by atoms with E-state index in [4.69, 9.17) is 0 Å². The van der Waals surface area contributed by atoms with Crippen LogP contribution in [0.4, 0.5) is 0 Å². The Morgan fingerprint density at radius 3 is 2.57 bits per heavy atom. The number of carbonyl (C=O) groups is 1. The van der Waals surface area contributed by atoms with Gasteiger partial charge in [-0.1, -0.05) is 12.1 Å². The third kappa shape index (κ3) is 4.88. The lowest BCUT2D eigenvalue weighted by atomic mass is 10.1. The van der Waals surface area contributed by atoms with Gasteiger partial charge in [-0.3, -0.25) is 9.48 Å². The molecule has 0 fully saturated rings. The van der Waals surface area contributed by atoms with Crippen LogP contribution in [0.2, 0.25) is 0 Å². The van der Waals surface area contributed by atoms with Crippen LogP contribution in [0.25, 0.3) is 0 Å². The van der Waals surface area contributed by atoms with E-state index in [2.05, 4.69) is 47.5 Å². The van der Waals surface area contributed by atoms with Gasteiger partial charge in [-0.2, -0.15) is 10.2 Å². The summed E-state index contributed by atoms with van der Waals surface area (Å²) < 4.78 is 2.98. The van der Waals surface area contributed by atoms with Gasteiger partial charge in [0.2, 0.25) is 0 Å². The summed E-state index contributed by atoms with van der Waals surface area (Å²) in [6.45, 7) is 4.56. The average Bonchev–Trinajstić information content (AvgIpc) is 2.96. The number of hydrazone groups is 1. The molecule has 0 bridgehead atoms. The standard InChI is InChI=1S/C20H18Br2N4O2/c1-12-6-13(2)26(25-12)11-14-4-3-5-16(7-14)20(28)24-23-10-15-8-17(21)19(27)18(22)9-15/h3-10,27H,11H2,1-2H3,(H,24,28)/b23-10+. The molecular formula is C20H18Br2N4O2. The SMILES string of the molecule is Cc1cc(C)n(Cc2cccc(C(=O)N/N=C/c3cc(Br)c(O)c(Br)c3)c2)n1. The molecular weight excluding hydrogens is 488 g/mol. The molecule has 0 atom stereocenters. The molecule has 1 amide bonds. The van der Waals surface area contributed by atoms with Gasteiger partial charge in [0.05, 0.1) is 27.4 Å². The van der Waals surface area contributed by atoms with E-state index in [1.165, 1.54) is 6.21 Å². The first-order chi connectivity index (χ1) is 13.3. The molecule has 0 unspecified atom stereocenters. The van der Waals surface area contributed by atoms with E-state index in [-0.39, 0.29) is 11.7 Å². The third-order valence-electron chi connectivity index (χ3n) is 4.04. The Hall–Kier alpha value is -2.45. The number of nitrogens with zero attached hydrogens (tertiary/aromatic N) is 3. The van der Waals surface area contributed by atoms with Crippen LogP contribution in [0.3, 0.4) is 0 Å². The summed E-state index contributed by atoms with van der Waals surface area (Å²) in [6.07, 6.45) is 1.51. The van der Waals surface area contributed by atoms with Crippen LogP contribution in [0, 0.1) is 13.8 Å². The minimum Gasteiger partial charge on any atom is -0.506 e. The zero-order valence-corrected chi connectivity index (χ0v) is 18.5. The lowest BCUT2D eigenvalue weighted by Crippen LogP contribution is -2.18. The van der Waals surface area contributed by atoms with E-state index in [1.807, 2.05) is 42.8 Å². The van der Waals surface area contributed by atoms with Gasteiger partial charge in [-0.15, -0.1) is 0 Å². The fourth-order valence-electron chi connectivity index (χ4n) is 2.71.